The fraction of sp³-hybridized carbons (Fsp3) is 0.364. The van der Waals surface area contributed by atoms with E-state index in [2.05, 4.69) is 4.74 Å². The Bertz CT molecular complexity index is 449. The number of hydrogen-bond acceptors (Lipinski definition) is 3. The average molecular weight is 264 g/mol. The number of rotatable bonds is 3. The molecule has 0 unspecified atom stereocenters. The van der Waals surface area contributed by atoms with Gasteiger partial charge in [0, 0.05) is 10.7 Å². The second kappa shape index (κ2) is 4.87. The molecular formula is C11H12ClF2NO2. The Morgan fingerprint density at radius 2 is 2.12 bits per heavy atom. The Balaban J connectivity index is 3.23. The van der Waals surface area contributed by atoms with Crippen molar-refractivity contribution in [3.05, 3.63) is 28.3 Å². The van der Waals surface area contributed by atoms with Crippen molar-refractivity contribution in [3.8, 4) is 0 Å². The maximum absolute atomic E-state index is 13.7. The van der Waals surface area contributed by atoms with Crippen LogP contribution < -0.4 is 5.73 Å². The molecule has 6 heteroatoms. The predicted octanol–water partition coefficient (Wildman–Crippen LogP) is 2.89. The molecule has 0 amide bonds. The Kier molecular flexibility index (Phi) is 3.93. The molecule has 0 fully saturated rings. The summed E-state index contributed by atoms with van der Waals surface area (Å²) in [6, 6.07) is 2.29. The number of alkyl halides is 2. The molecule has 0 saturated carbocycles. The summed E-state index contributed by atoms with van der Waals surface area (Å²) in [5.74, 6) is -5.43. The molecular weight excluding hydrogens is 252 g/mol. The lowest BCUT2D eigenvalue weighted by Gasteiger charge is -2.17. The third kappa shape index (κ3) is 2.66. The average Bonchev–Trinajstić information content (AvgIpc) is 2.23. The number of nitrogen functional groups attached to an aromatic ring is 1. The van der Waals surface area contributed by atoms with Crippen LogP contribution in [0.4, 0.5) is 14.5 Å². The number of carbonyl (C=O) groups is 1. The maximum Gasteiger partial charge on any atom is 0.382 e. The molecule has 0 bridgehead atoms. The number of esters is 1. The summed E-state index contributed by atoms with van der Waals surface area (Å²) in [5, 5.41) is 0.123. The summed E-state index contributed by atoms with van der Waals surface area (Å²) in [4.78, 5) is 11.1. The van der Waals surface area contributed by atoms with E-state index in [0.717, 1.165) is 6.07 Å². The van der Waals surface area contributed by atoms with Crippen molar-refractivity contribution in [2.45, 2.75) is 19.8 Å². The zero-order valence-corrected chi connectivity index (χ0v) is 10.1. The molecule has 1 aromatic carbocycles. The lowest BCUT2D eigenvalue weighted by molar-refractivity contribution is -0.173. The minimum absolute atomic E-state index is 0.123. The highest BCUT2D eigenvalue weighted by atomic mass is 35.5. The van der Waals surface area contributed by atoms with Gasteiger partial charge in [0.1, 0.15) is 0 Å². The zero-order valence-electron chi connectivity index (χ0n) is 9.39. The van der Waals surface area contributed by atoms with Crippen LogP contribution in [0.2, 0.25) is 5.02 Å². The molecule has 1 aromatic rings. The van der Waals surface area contributed by atoms with Crippen molar-refractivity contribution in [2.75, 3.05) is 12.3 Å². The second-order valence-electron chi connectivity index (χ2n) is 3.48. The van der Waals surface area contributed by atoms with Crippen LogP contribution in [-0.2, 0) is 15.5 Å². The smallest absolute Gasteiger partial charge is 0.382 e. The number of halogens is 3. The largest absolute Gasteiger partial charge is 0.461 e. The van der Waals surface area contributed by atoms with Crippen LogP contribution in [0.1, 0.15) is 18.1 Å². The Labute approximate surface area is 103 Å². The summed E-state index contributed by atoms with van der Waals surface area (Å²) in [6.45, 7) is 2.94. The first-order valence-electron chi connectivity index (χ1n) is 4.91. The topological polar surface area (TPSA) is 52.3 Å². The number of hydrogen-bond donors (Lipinski definition) is 1. The van der Waals surface area contributed by atoms with Crippen LogP contribution in [0.3, 0.4) is 0 Å². The van der Waals surface area contributed by atoms with Crippen LogP contribution in [0.5, 0.6) is 0 Å². The number of carbonyl (C=O) groups excluding carboxylic acids is 1. The van der Waals surface area contributed by atoms with Gasteiger partial charge in [-0.25, -0.2) is 4.79 Å². The summed E-state index contributed by atoms with van der Waals surface area (Å²) in [7, 11) is 0. The number of ether oxygens (including phenoxy) is 1. The van der Waals surface area contributed by atoms with Crippen LogP contribution in [-0.4, -0.2) is 12.6 Å². The number of anilines is 1. The summed E-state index contributed by atoms with van der Waals surface area (Å²) in [5.41, 5.74) is 5.20. The molecule has 94 valence electrons. The van der Waals surface area contributed by atoms with E-state index in [1.165, 1.54) is 13.0 Å². The zero-order chi connectivity index (χ0) is 13.2. The first kappa shape index (κ1) is 13.7. The summed E-state index contributed by atoms with van der Waals surface area (Å²) >= 11 is 5.73. The fourth-order valence-corrected chi connectivity index (χ4v) is 1.47. The molecule has 0 aliphatic carbocycles. The van der Waals surface area contributed by atoms with Gasteiger partial charge in [0.2, 0.25) is 0 Å². The lowest BCUT2D eigenvalue weighted by atomic mass is 10.0. The van der Waals surface area contributed by atoms with E-state index >= 15 is 0 Å². The fourth-order valence-electron chi connectivity index (χ4n) is 1.31. The highest BCUT2D eigenvalue weighted by Gasteiger charge is 2.44. The van der Waals surface area contributed by atoms with Gasteiger partial charge in [0.25, 0.3) is 0 Å². The Morgan fingerprint density at radius 1 is 1.53 bits per heavy atom. The summed E-state index contributed by atoms with van der Waals surface area (Å²) in [6.07, 6.45) is 0. The van der Waals surface area contributed by atoms with E-state index in [1.807, 2.05) is 0 Å². The SMILES string of the molecule is CCOC(=O)C(F)(F)c1cc(Cl)c(C)cc1N. The maximum atomic E-state index is 13.7. The number of benzene rings is 1. The van der Waals surface area contributed by atoms with Crippen molar-refractivity contribution in [3.63, 3.8) is 0 Å². The van der Waals surface area contributed by atoms with Gasteiger partial charge < -0.3 is 10.5 Å². The van der Waals surface area contributed by atoms with E-state index < -0.39 is 17.5 Å². The number of nitrogens with two attached hydrogens (primary N) is 1. The molecule has 0 heterocycles. The van der Waals surface area contributed by atoms with Gasteiger partial charge in [-0.1, -0.05) is 11.6 Å². The predicted molar refractivity (Wildman–Crippen MR) is 61.1 cm³/mol. The highest BCUT2D eigenvalue weighted by Crippen LogP contribution is 2.36. The van der Waals surface area contributed by atoms with E-state index in [4.69, 9.17) is 17.3 Å². The Hall–Kier alpha value is -1.36. The second-order valence-corrected chi connectivity index (χ2v) is 3.89. The molecule has 0 aliphatic rings. The molecule has 2 N–H and O–H groups in total. The van der Waals surface area contributed by atoms with E-state index in [-0.39, 0.29) is 17.3 Å². The van der Waals surface area contributed by atoms with Crippen molar-refractivity contribution in [1.29, 1.82) is 0 Å². The number of aryl methyl sites for hydroxylation is 1. The van der Waals surface area contributed by atoms with Crippen LogP contribution in [0.25, 0.3) is 0 Å². The monoisotopic (exact) mass is 263 g/mol. The van der Waals surface area contributed by atoms with Gasteiger partial charge >= 0.3 is 11.9 Å². The van der Waals surface area contributed by atoms with Crippen molar-refractivity contribution >= 4 is 23.3 Å². The first-order valence-corrected chi connectivity index (χ1v) is 5.29. The minimum atomic E-state index is -3.79. The molecule has 0 aliphatic heterocycles. The van der Waals surface area contributed by atoms with E-state index in [0.29, 0.717) is 5.56 Å². The standard InChI is InChI=1S/C11H12ClF2NO2/c1-3-17-10(16)11(13,14)7-5-8(12)6(2)4-9(7)15/h4-5H,3,15H2,1-2H3. The molecule has 0 spiro atoms. The molecule has 0 radical (unpaired) electrons. The van der Waals surface area contributed by atoms with Crippen LogP contribution in [0.15, 0.2) is 12.1 Å². The van der Waals surface area contributed by atoms with Crippen molar-refractivity contribution < 1.29 is 18.3 Å². The molecule has 1 rings (SSSR count). The van der Waals surface area contributed by atoms with Gasteiger partial charge in [-0.05, 0) is 31.5 Å². The first-order chi connectivity index (χ1) is 7.80. The quantitative estimate of drug-likeness (QED) is 0.674. The van der Waals surface area contributed by atoms with Crippen molar-refractivity contribution in [1.82, 2.24) is 0 Å². The van der Waals surface area contributed by atoms with Gasteiger partial charge in [-0.3, -0.25) is 0 Å². The van der Waals surface area contributed by atoms with Gasteiger partial charge in [-0.15, -0.1) is 0 Å². The van der Waals surface area contributed by atoms with Gasteiger partial charge in [0.05, 0.1) is 12.2 Å². The summed E-state index contributed by atoms with van der Waals surface area (Å²) < 4.78 is 31.7. The van der Waals surface area contributed by atoms with Gasteiger partial charge in [-0.2, -0.15) is 8.78 Å². The van der Waals surface area contributed by atoms with E-state index in [9.17, 15) is 13.6 Å². The van der Waals surface area contributed by atoms with Crippen LogP contribution in [0, 0.1) is 6.92 Å². The molecule has 3 nitrogen and oxygen atoms in total. The highest BCUT2D eigenvalue weighted by molar-refractivity contribution is 6.31. The minimum Gasteiger partial charge on any atom is -0.461 e. The van der Waals surface area contributed by atoms with Gasteiger partial charge in [0.15, 0.2) is 0 Å². The third-order valence-corrected chi connectivity index (χ3v) is 2.61. The molecule has 0 aromatic heterocycles. The van der Waals surface area contributed by atoms with Crippen molar-refractivity contribution in [2.24, 2.45) is 0 Å². The third-order valence-electron chi connectivity index (χ3n) is 2.20. The molecule has 0 saturated heterocycles. The molecule has 17 heavy (non-hydrogen) atoms. The Morgan fingerprint density at radius 3 is 2.65 bits per heavy atom. The molecule has 0 atom stereocenters. The normalized spacial score (nSPS) is 11.4. The van der Waals surface area contributed by atoms with Crippen LogP contribution >= 0.6 is 11.6 Å². The van der Waals surface area contributed by atoms with E-state index in [1.54, 1.807) is 6.92 Å². The lowest BCUT2D eigenvalue weighted by Crippen LogP contribution is -2.29.